The molecule has 0 aromatic rings. The van der Waals surface area contributed by atoms with E-state index in [1.165, 1.54) is 45.2 Å². The second kappa shape index (κ2) is 10.8. The van der Waals surface area contributed by atoms with Gasteiger partial charge >= 0.3 is 0 Å². The lowest BCUT2D eigenvalue weighted by molar-refractivity contribution is 0.528. The molecule has 0 spiro atoms. The fraction of sp³-hybridized carbons (Fsp3) is 1.00. The number of rotatable bonds is 5. The Balaban J connectivity index is 0.000000921. The topological polar surface area (TPSA) is 12.0 Å². The SMILES string of the molecule is CC.CCCC(CC)SC1CCNCC1. The summed E-state index contributed by atoms with van der Waals surface area (Å²) in [4.78, 5) is 0. The molecule has 1 aliphatic heterocycles. The van der Waals surface area contributed by atoms with Gasteiger partial charge in [-0.2, -0.15) is 11.8 Å². The maximum absolute atomic E-state index is 3.42. The molecule has 0 aromatic carbocycles. The average Bonchev–Trinajstić information content (AvgIpc) is 2.32. The van der Waals surface area contributed by atoms with Crippen molar-refractivity contribution in [3.8, 4) is 0 Å². The lowest BCUT2D eigenvalue weighted by Crippen LogP contribution is -2.30. The van der Waals surface area contributed by atoms with Gasteiger partial charge in [-0.15, -0.1) is 0 Å². The van der Waals surface area contributed by atoms with Gasteiger partial charge in [-0.05, 0) is 38.8 Å². The van der Waals surface area contributed by atoms with Gasteiger partial charge in [0.15, 0.2) is 0 Å². The molecule has 0 radical (unpaired) electrons. The first-order valence-corrected chi connectivity index (χ1v) is 7.67. The van der Waals surface area contributed by atoms with Crippen LogP contribution in [0.2, 0.25) is 0 Å². The van der Waals surface area contributed by atoms with E-state index in [0.717, 1.165) is 10.5 Å². The predicted octanol–water partition coefficient (Wildman–Crippen LogP) is 4.08. The highest BCUT2D eigenvalue weighted by atomic mass is 32.2. The molecule has 0 bridgehead atoms. The van der Waals surface area contributed by atoms with Gasteiger partial charge in [0, 0.05) is 10.5 Å². The van der Waals surface area contributed by atoms with Gasteiger partial charge in [0.2, 0.25) is 0 Å². The number of hydrogen-bond donors (Lipinski definition) is 1. The summed E-state index contributed by atoms with van der Waals surface area (Å²) >= 11 is 2.25. The van der Waals surface area contributed by atoms with Gasteiger partial charge in [-0.25, -0.2) is 0 Å². The first kappa shape index (κ1) is 15.3. The third kappa shape index (κ3) is 7.24. The van der Waals surface area contributed by atoms with Crippen LogP contribution in [0.15, 0.2) is 0 Å². The van der Waals surface area contributed by atoms with E-state index in [-0.39, 0.29) is 0 Å². The summed E-state index contributed by atoms with van der Waals surface area (Å²) in [6.45, 7) is 11.1. The minimum absolute atomic E-state index is 0.924. The highest BCUT2D eigenvalue weighted by molar-refractivity contribution is 8.00. The van der Waals surface area contributed by atoms with Crippen LogP contribution in [0.5, 0.6) is 0 Å². The van der Waals surface area contributed by atoms with E-state index >= 15 is 0 Å². The third-order valence-corrected chi connectivity index (χ3v) is 4.55. The van der Waals surface area contributed by atoms with Crippen LogP contribution >= 0.6 is 11.8 Å². The molecule has 1 N–H and O–H groups in total. The zero-order valence-corrected chi connectivity index (χ0v) is 11.8. The molecule has 1 unspecified atom stereocenters. The summed E-state index contributed by atoms with van der Waals surface area (Å²) < 4.78 is 0. The summed E-state index contributed by atoms with van der Waals surface area (Å²) in [5.41, 5.74) is 0. The van der Waals surface area contributed by atoms with Crippen LogP contribution in [-0.4, -0.2) is 23.6 Å². The maximum atomic E-state index is 3.42. The van der Waals surface area contributed by atoms with Gasteiger partial charge in [0.05, 0.1) is 0 Å². The number of hydrogen-bond acceptors (Lipinski definition) is 2. The molecule has 1 rings (SSSR count). The molecule has 15 heavy (non-hydrogen) atoms. The molecule has 0 aliphatic carbocycles. The largest absolute Gasteiger partial charge is 0.317 e. The van der Waals surface area contributed by atoms with Crippen LogP contribution in [0.3, 0.4) is 0 Å². The zero-order valence-electron chi connectivity index (χ0n) is 11.0. The molecule has 92 valence electrons. The summed E-state index contributed by atoms with van der Waals surface area (Å²) in [7, 11) is 0. The summed E-state index contributed by atoms with van der Waals surface area (Å²) in [5.74, 6) is 0. The molecule has 0 saturated carbocycles. The van der Waals surface area contributed by atoms with Crippen LogP contribution in [0.4, 0.5) is 0 Å². The van der Waals surface area contributed by atoms with Gasteiger partial charge in [-0.3, -0.25) is 0 Å². The smallest absolute Gasteiger partial charge is 0.00739 e. The van der Waals surface area contributed by atoms with Crippen LogP contribution < -0.4 is 5.32 Å². The number of thioether (sulfide) groups is 1. The van der Waals surface area contributed by atoms with Crippen molar-refractivity contribution in [3.05, 3.63) is 0 Å². The van der Waals surface area contributed by atoms with E-state index in [1.54, 1.807) is 0 Å². The van der Waals surface area contributed by atoms with E-state index < -0.39 is 0 Å². The van der Waals surface area contributed by atoms with Crippen molar-refractivity contribution < 1.29 is 0 Å². The van der Waals surface area contributed by atoms with E-state index in [9.17, 15) is 0 Å². The number of nitrogens with one attached hydrogen (secondary N) is 1. The molecule has 0 amide bonds. The van der Waals surface area contributed by atoms with Crippen LogP contribution in [0.25, 0.3) is 0 Å². The molecule has 1 nitrogen and oxygen atoms in total. The predicted molar refractivity (Wildman–Crippen MR) is 73.8 cm³/mol. The molecule has 1 saturated heterocycles. The first-order chi connectivity index (χ1) is 7.36. The van der Waals surface area contributed by atoms with Crippen LogP contribution in [-0.2, 0) is 0 Å². The zero-order chi connectivity index (χ0) is 11.5. The van der Waals surface area contributed by atoms with Gasteiger partial charge in [-0.1, -0.05) is 34.1 Å². The van der Waals surface area contributed by atoms with Crippen molar-refractivity contribution in [2.45, 2.75) is 70.3 Å². The van der Waals surface area contributed by atoms with E-state index in [2.05, 4.69) is 30.9 Å². The lowest BCUT2D eigenvalue weighted by Gasteiger charge is -2.26. The van der Waals surface area contributed by atoms with E-state index in [4.69, 9.17) is 0 Å². The molecule has 1 fully saturated rings. The van der Waals surface area contributed by atoms with Crippen molar-refractivity contribution in [2.24, 2.45) is 0 Å². The highest BCUT2D eigenvalue weighted by Crippen LogP contribution is 2.29. The van der Waals surface area contributed by atoms with Crippen LogP contribution in [0.1, 0.15) is 59.8 Å². The monoisotopic (exact) mass is 231 g/mol. The Kier molecular flexibility index (Phi) is 11.0. The highest BCUT2D eigenvalue weighted by Gasteiger charge is 2.17. The Morgan fingerprint density at radius 3 is 2.27 bits per heavy atom. The summed E-state index contributed by atoms with van der Waals surface area (Å²) in [6, 6.07) is 0. The Bertz CT molecular complexity index is 119. The van der Waals surface area contributed by atoms with Crippen molar-refractivity contribution >= 4 is 11.8 Å². The lowest BCUT2D eigenvalue weighted by atomic mass is 10.2. The summed E-state index contributed by atoms with van der Waals surface area (Å²) in [6.07, 6.45) is 6.86. The first-order valence-electron chi connectivity index (χ1n) is 6.73. The molecule has 1 atom stereocenters. The maximum Gasteiger partial charge on any atom is 0.00739 e. The van der Waals surface area contributed by atoms with E-state index in [1.807, 2.05) is 13.8 Å². The Morgan fingerprint density at radius 2 is 1.80 bits per heavy atom. The fourth-order valence-corrected chi connectivity index (χ4v) is 3.51. The average molecular weight is 231 g/mol. The molecular weight excluding hydrogens is 202 g/mol. The van der Waals surface area contributed by atoms with Crippen molar-refractivity contribution in [3.63, 3.8) is 0 Å². The van der Waals surface area contributed by atoms with Gasteiger partial charge in [0.1, 0.15) is 0 Å². The van der Waals surface area contributed by atoms with Crippen molar-refractivity contribution in [1.29, 1.82) is 0 Å². The third-order valence-electron chi connectivity index (χ3n) is 2.74. The Morgan fingerprint density at radius 1 is 1.20 bits per heavy atom. The van der Waals surface area contributed by atoms with Crippen molar-refractivity contribution in [2.75, 3.05) is 13.1 Å². The van der Waals surface area contributed by atoms with Gasteiger partial charge in [0.25, 0.3) is 0 Å². The molecule has 1 aliphatic rings. The minimum Gasteiger partial charge on any atom is -0.317 e. The normalized spacial score (nSPS) is 19.2. The van der Waals surface area contributed by atoms with Crippen LogP contribution in [0, 0.1) is 0 Å². The van der Waals surface area contributed by atoms with Gasteiger partial charge < -0.3 is 5.32 Å². The van der Waals surface area contributed by atoms with Crippen molar-refractivity contribution in [1.82, 2.24) is 5.32 Å². The molecular formula is C13H29NS. The standard InChI is InChI=1S/C11H23NS.C2H6/c1-3-5-10(4-2)13-11-6-8-12-9-7-11;1-2/h10-12H,3-9H2,1-2H3;1-2H3. The molecule has 0 aromatic heterocycles. The molecule has 2 heteroatoms. The number of piperidine rings is 1. The minimum atomic E-state index is 0.924. The Labute approximate surface area is 101 Å². The Hall–Kier alpha value is 0.310. The second-order valence-corrected chi connectivity index (χ2v) is 5.51. The quantitative estimate of drug-likeness (QED) is 0.765. The molecule has 1 heterocycles. The second-order valence-electron chi connectivity index (χ2n) is 3.90. The summed E-state index contributed by atoms with van der Waals surface area (Å²) in [5, 5.41) is 5.29. The fourth-order valence-electron chi connectivity index (χ4n) is 1.89. The van der Waals surface area contributed by atoms with E-state index in [0.29, 0.717) is 0 Å².